The predicted molar refractivity (Wildman–Crippen MR) is 64.0 cm³/mol. The number of thiophene rings is 1. The molecule has 5 heteroatoms. The van der Waals surface area contributed by atoms with Gasteiger partial charge in [-0.15, -0.1) is 11.3 Å². The summed E-state index contributed by atoms with van der Waals surface area (Å²) in [6.45, 7) is 6.33. The number of carbonyl (C=O) groups is 1. The minimum Gasteiger partial charge on any atom is -0.478 e. The summed E-state index contributed by atoms with van der Waals surface area (Å²) in [4.78, 5) is 11.4. The number of aromatic carboxylic acids is 1. The molecule has 0 saturated heterocycles. The first kappa shape index (κ1) is 13.2. The van der Waals surface area contributed by atoms with E-state index in [0.717, 1.165) is 0 Å². The summed E-state index contributed by atoms with van der Waals surface area (Å²) in [5.41, 5.74) is 0.0925. The lowest BCUT2D eigenvalue weighted by molar-refractivity contribution is 0.0690. The lowest BCUT2D eigenvalue weighted by Gasteiger charge is -2.22. The quantitative estimate of drug-likeness (QED) is 0.755. The fourth-order valence-corrected chi connectivity index (χ4v) is 2.12. The summed E-state index contributed by atoms with van der Waals surface area (Å²) in [6.07, 6.45) is -0.773. The van der Waals surface area contributed by atoms with Gasteiger partial charge >= 0.3 is 5.97 Å². The highest BCUT2D eigenvalue weighted by Gasteiger charge is 2.20. The van der Waals surface area contributed by atoms with E-state index in [1.807, 2.05) is 20.8 Å². The Kier molecular flexibility index (Phi) is 4.07. The van der Waals surface area contributed by atoms with E-state index >= 15 is 0 Å². The Morgan fingerprint density at radius 2 is 2.19 bits per heavy atom. The van der Waals surface area contributed by atoms with Gasteiger partial charge in [0, 0.05) is 17.0 Å². The standard InChI is InChI=1S/C11H17NO3S/c1-11(2,3)12-6-8(13)9-7(10(14)15)4-5-16-9/h4-5,8,12-13H,6H2,1-3H3,(H,14,15). The number of aliphatic hydroxyl groups excluding tert-OH is 1. The van der Waals surface area contributed by atoms with E-state index in [0.29, 0.717) is 11.4 Å². The van der Waals surface area contributed by atoms with Gasteiger partial charge in [-0.05, 0) is 32.2 Å². The van der Waals surface area contributed by atoms with Crippen LogP contribution in [0.3, 0.4) is 0 Å². The van der Waals surface area contributed by atoms with Gasteiger partial charge in [0.05, 0.1) is 5.56 Å². The maximum Gasteiger partial charge on any atom is 0.336 e. The van der Waals surface area contributed by atoms with Crippen LogP contribution in [-0.4, -0.2) is 28.3 Å². The zero-order valence-corrected chi connectivity index (χ0v) is 10.5. The van der Waals surface area contributed by atoms with Crippen LogP contribution in [0.5, 0.6) is 0 Å². The van der Waals surface area contributed by atoms with Crippen molar-refractivity contribution in [2.24, 2.45) is 0 Å². The van der Waals surface area contributed by atoms with Gasteiger partial charge in [-0.25, -0.2) is 4.79 Å². The maximum atomic E-state index is 10.9. The Morgan fingerprint density at radius 1 is 1.56 bits per heavy atom. The molecule has 90 valence electrons. The number of carboxylic acid groups (broad SMARTS) is 1. The monoisotopic (exact) mass is 243 g/mol. The highest BCUT2D eigenvalue weighted by atomic mass is 32.1. The Balaban J connectivity index is 2.69. The molecule has 3 N–H and O–H groups in total. The number of hydrogen-bond donors (Lipinski definition) is 3. The van der Waals surface area contributed by atoms with Crippen LogP contribution < -0.4 is 5.32 Å². The van der Waals surface area contributed by atoms with Crippen molar-refractivity contribution in [2.75, 3.05) is 6.54 Å². The first-order valence-corrected chi connectivity index (χ1v) is 5.93. The van der Waals surface area contributed by atoms with Gasteiger partial charge in [0.15, 0.2) is 0 Å². The minimum absolute atomic E-state index is 0.0956. The second-order valence-corrected chi connectivity index (χ2v) is 5.60. The van der Waals surface area contributed by atoms with Crippen LogP contribution in [0.4, 0.5) is 0 Å². The number of hydrogen-bond acceptors (Lipinski definition) is 4. The Hall–Kier alpha value is -0.910. The van der Waals surface area contributed by atoms with E-state index in [2.05, 4.69) is 5.32 Å². The van der Waals surface area contributed by atoms with Gasteiger partial charge in [0.25, 0.3) is 0 Å². The minimum atomic E-state index is -0.994. The molecular formula is C11H17NO3S. The molecule has 0 amide bonds. The van der Waals surface area contributed by atoms with Gasteiger partial charge < -0.3 is 15.5 Å². The van der Waals surface area contributed by atoms with E-state index in [9.17, 15) is 9.90 Å². The third-order valence-electron chi connectivity index (χ3n) is 2.05. The van der Waals surface area contributed by atoms with Gasteiger partial charge in [-0.1, -0.05) is 0 Å². The molecule has 4 nitrogen and oxygen atoms in total. The average Bonchev–Trinajstić information content (AvgIpc) is 2.61. The molecular weight excluding hydrogens is 226 g/mol. The van der Waals surface area contributed by atoms with Crippen LogP contribution >= 0.6 is 11.3 Å². The Labute approximate surface area is 98.9 Å². The summed E-state index contributed by atoms with van der Waals surface area (Å²) < 4.78 is 0. The third kappa shape index (κ3) is 3.59. The summed E-state index contributed by atoms with van der Waals surface area (Å²) in [6, 6.07) is 1.52. The molecule has 0 aromatic carbocycles. The van der Waals surface area contributed by atoms with E-state index in [4.69, 9.17) is 5.11 Å². The van der Waals surface area contributed by atoms with Gasteiger partial charge in [-0.2, -0.15) is 0 Å². The van der Waals surface area contributed by atoms with E-state index < -0.39 is 12.1 Å². The van der Waals surface area contributed by atoms with E-state index in [-0.39, 0.29) is 11.1 Å². The van der Waals surface area contributed by atoms with E-state index in [1.54, 1.807) is 5.38 Å². The zero-order valence-electron chi connectivity index (χ0n) is 9.65. The fraction of sp³-hybridized carbons (Fsp3) is 0.545. The second kappa shape index (κ2) is 4.95. The number of nitrogens with one attached hydrogen (secondary N) is 1. The van der Waals surface area contributed by atoms with Crippen molar-refractivity contribution in [3.63, 3.8) is 0 Å². The van der Waals surface area contributed by atoms with Crippen molar-refractivity contribution in [1.29, 1.82) is 0 Å². The zero-order chi connectivity index (χ0) is 12.3. The molecule has 0 spiro atoms. The predicted octanol–water partition coefficient (Wildman–Crippen LogP) is 1.87. The van der Waals surface area contributed by atoms with Gasteiger partial charge in [0.2, 0.25) is 0 Å². The largest absolute Gasteiger partial charge is 0.478 e. The van der Waals surface area contributed by atoms with Crippen LogP contribution in [0.2, 0.25) is 0 Å². The van der Waals surface area contributed by atoms with Crippen molar-refractivity contribution in [3.8, 4) is 0 Å². The molecule has 1 aromatic heterocycles. The van der Waals surface area contributed by atoms with Crippen molar-refractivity contribution < 1.29 is 15.0 Å². The molecule has 1 rings (SSSR count). The molecule has 1 atom stereocenters. The molecule has 0 fully saturated rings. The molecule has 0 aliphatic carbocycles. The molecule has 0 saturated carbocycles. The third-order valence-corrected chi connectivity index (χ3v) is 3.07. The molecule has 0 aliphatic rings. The SMILES string of the molecule is CC(C)(C)NCC(O)c1sccc1C(=O)O. The van der Waals surface area contributed by atoms with Crippen LogP contribution in [0, 0.1) is 0 Å². The molecule has 0 aliphatic heterocycles. The van der Waals surface area contributed by atoms with Crippen molar-refractivity contribution in [3.05, 3.63) is 21.9 Å². The smallest absolute Gasteiger partial charge is 0.336 e. The van der Waals surface area contributed by atoms with Crippen molar-refractivity contribution in [2.45, 2.75) is 32.4 Å². The van der Waals surface area contributed by atoms with Crippen LogP contribution in [-0.2, 0) is 0 Å². The summed E-state index contributed by atoms with van der Waals surface area (Å²) in [7, 11) is 0. The molecule has 1 unspecified atom stereocenters. The topological polar surface area (TPSA) is 69.6 Å². The Morgan fingerprint density at radius 3 is 2.69 bits per heavy atom. The molecule has 0 bridgehead atoms. The fourth-order valence-electron chi connectivity index (χ4n) is 1.25. The summed E-state index contributed by atoms with van der Waals surface area (Å²) in [5, 5.41) is 23.6. The average molecular weight is 243 g/mol. The number of aliphatic hydroxyl groups is 1. The maximum absolute atomic E-state index is 10.9. The number of rotatable bonds is 4. The van der Waals surface area contributed by atoms with Crippen LogP contribution in [0.25, 0.3) is 0 Å². The molecule has 1 heterocycles. The van der Waals surface area contributed by atoms with Crippen LogP contribution in [0.1, 0.15) is 42.1 Å². The van der Waals surface area contributed by atoms with Gasteiger partial charge in [-0.3, -0.25) is 0 Å². The van der Waals surface area contributed by atoms with Crippen LogP contribution in [0.15, 0.2) is 11.4 Å². The summed E-state index contributed by atoms with van der Waals surface area (Å²) >= 11 is 1.27. The Bertz CT molecular complexity index is 368. The van der Waals surface area contributed by atoms with E-state index in [1.165, 1.54) is 17.4 Å². The number of β-amino-alcohol motifs (C(OH)–C–C–N with tert-alkyl or cyclic N) is 1. The lowest BCUT2D eigenvalue weighted by atomic mass is 10.1. The van der Waals surface area contributed by atoms with Crippen molar-refractivity contribution >= 4 is 17.3 Å². The van der Waals surface area contributed by atoms with Gasteiger partial charge in [0.1, 0.15) is 6.10 Å². The first-order chi connectivity index (χ1) is 7.31. The lowest BCUT2D eigenvalue weighted by Crippen LogP contribution is -2.38. The second-order valence-electron chi connectivity index (χ2n) is 4.65. The molecule has 16 heavy (non-hydrogen) atoms. The highest BCUT2D eigenvalue weighted by Crippen LogP contribution is 2.24. The first-order valence-electron chi connectivity index (χ1n) is 5.05. The normalized spacial score (nSPS) is 13.8. The van der Waals surface area contributed by atoms with Crippen molar-refractivity contribution in [1.82, 2.24) is 5.32 Å². The summed E-state index contributed by atoms with van der Waals surface area (Å²) in [5.74, 6) is -0.994. The molecule has 1 aromatic rings. The molecule has 0 radical (unpaired) electrons. The number of carboxylic acids is 1. The highest BCUT2D eigenvalue weighted by molar-refractivity contribution is 7.10.